The maximum atomic E-state index is 17.2. The van der Waals surface area contributed by atoms with Crippen LogP contribution in [0.5, 0.6) is 6.01 Å². The van der Waals surface area contributed by atoms with Gasteiger partial charge in [-0.05, 0) is 81.0 Å². The van der Waals surface area contributed by atoms with Crippen LogP contribution in [0.15, 0.2) is 66.9 Å². The molecule has 5 fully saturated rings. The van der Waals surface area contributed by atoms with Crippen molar-refractivity contribution in [1.29, 1.82) is 0 Å². The molecule has 2 bridgehead atoms. The molecule has 5 saturated heterocycles. The van der Waals surface area contributed by atoms with Crippen molar-refractivity contribution in [2.75, 3.05) is 62.8 Å². The Bertz CT molecular complexity index is 3190. The number of rotatable bonds is 14. The van der Waals surface area contributed by atoms with Crippen LogP contribution in [0.2, 0.25) is 0 Å². The van der Waals surface area contributed by atoms with E-state index in [-0.39, 0.29) is 78.1 Å². The van der Waals surface area contributed by atoms with E-state index >= 15 is 8.78 Å². The van der Waals surface area contributed by atoms with Crippen molar-refractivity contribution in [2.24, 2.45) is 0 Å². The number of imide groups is 2. The van der Waals surface area contributed by atoms with Gasteiger partial charge in [0.1, 0.15) is 42.1 Å². The second-order valence-electron chi connectivity index (χ2n) is 20.1. The van der Waals surface area contributed by atoms with Gasteiger partial charge in [-0.2, -0.15) is 9.97 Å². The van der Waals surface area contributed by atoms with E-state index in [2.05, 4.69) is 43.2 Å². The van der Waals surface area contributed by atoms with Crippen molar-refractivity contribution in [1.82, 2.24) is 40.7 Å². The molecule has 0 radical (unpaired) electrons. The number of carbonyl (C=O) groups excluding carboxylic acids is 5. The largest absolute Gasteiger partial charge is 0.461 e. The van der Waals surface area contributed by atoms with Crippen LogP contribution in [0.3, 0.4) is 0 Å². The molecule has 3 N–H and O–H groups in total. The van der Waals surface area contributed by atoms with Crippen LogP contribution in [0, 0.1) is 24.0 Å². The summed E-state index contributed by atoms with van der Waals surface area (Å²) in [7, 11) is 1.87. The number of piperidine rings is 1. The molecule has 3 unspecified atom stereocenters. The van der Waals surface area contributed by atoms with Gasteiger partial charge in [0.2, 0.25) is 11.8 Å². The normalized spacial score (nSPS) is 23.5. The molecule has 5 aromatic rings. The van der Waals surface area contributed by atoms with Gasteiger partial charge >= 0.3 is 12.1 Å². The number of pyridine rings is 1. The summed E-state index contributed by atoms with van der Waals surface area (Å²) in [4.78, 5) is 85.1. The smallest absolute Gasteiger partial charge is 0.407 e. The molecule has 17 nitrogen and oxygen atoms in total. The molecular formula is C54H54F2N10O7. The Morgan fingerprint density at radius 1 is 1.00 bits per heavy atom. The maximum absolute atomic E-state index is 17.2. The summed E-state index contributed by atoms with van der Waals surface area (Å²) in [6.07, 6.45) is 12.5. The number of carbonyl (C=O) groups is 5. The Hall–Kier alpha value is -7.56. The van der Waals surface area contributed by atoms with Crippen LogP contribution >= 0.6 is 0 Å². The number of hydrogen-bond acceptors (Lipinski definition) is 14. The maximum Gasteiger partial charge on any atom is 0.407 e. The summed E-state index contributed by atoms with van der Waals surface area (Å²) in [5, 5.41) is 10.2. The number of benzene rings is 3. The van der Waals surface area contributed by atoms with E-state index in [9.17, 15) is 24.0 Å². The van der Waals surface area contributed by atoms with Gasteiger partial charge in [0, 0.05) is 87.2 Å². The summed E-state index contributed by atoms with van der Waals surface area (Å²) in [5.41, 5.74) is 2.08. The number of unbranched alkanes of at least 4 members (excludes halogenated alkanes) is 1. The second kappa shape index (κ2) is 19.1. The molecule has 19 heteroatoms. The van der Waals surface area contributed by atoms with Gasteiger partial charge in [-0.25, -0.2) is 13.6 Å². The SMILES string of the molecule is C#Cc1c(F)ccc2cccc(-c3ncc4c(N5CC6CCC(C5)N6)nc(OC[C@@]56CC[C@@H](COC(=O)NCCCCN(C)c7ccc8c(c7)C(=O)N(C7CCC(=O)NC7=O)C8=O)N5CC(=C)C6)nc4c3F)c12. The van der Waals surface area contributed by atoms with Crippen molar-refractivity contribution >= 4 is 62.9 Å². The number of aromatic nitrogens is 3. The van der Waals surface area contributed by atoms with Gasteiger partial charge in [-0.15, -0.1) is 6.42 Å². The first-order valence-electron chi connectivity index (χ1n) is 24.9. The Labute approximate surface area is 419 Å². The molecule has 0 saturated carbocycles. The fourth-order valence-electron chi connectivity index (χ4n) is 11.8. The van der Waals surface area contributed by atoms with Crippen molar-refractivity contribution in [3.05, 3.63) is 95.2 Å². The molecule has 0 spiro atoms. The van der Waals surface area contributed by atoms with Gasteiger partial charge in [-0.3, -0.25) is 39.3 Å². The van der Waals surface area contributed by atoms with E-state index in [0.717, 1.165) is 36.2 Å². The first kappa shape index (κ1) is 47.7. The molecule has 8 heterocycles. The Morgan fingerprint density at radius 2 is 1.81 bits per heavy atom. The summed E-state index contributed by atoms with van der Waals surface area (Å²) >= 11 is 0. The van der Waals surface area contributed by atoms with E-state index < -0.39 is 52.9 Å². The number of terminal acetylenes is 1. The van der Waals surface area contributed by atoms with Gasteiger partial charge in [0.05, 0.1) is 27.6 Å². The van der Waals surface area contributed by atoms with E-state index in [1.807, 2.05) is 11.9 Å². The van der Waals surface area contributed by atoms with Gasteiger partial charge in [-0.1, -0.05) is 42.3 Å². The zero-order valence-electron chi connectivity index (χ0n) is 40.3. The number of alkyl carbamates (subject to hydrolysis) is 1. The van der Waals surface area contributed by atoms with Crippen LogP contribution in [0.25, 0.3) is 32.9 Å². The highest BCUT2D eigenvalue weighted by Crippen LogP contribution is 2.45. The van der Waals surface area contributed by atoms with Gasteiger partial charge in [0.25, 0.3) is 11.8 Å². The molecule has 376 valence electrons. The van der Waals surface area contributed by atoms with Crippen molar-refractivity contribution < 1.29 is 42.2 Å². The van der Waals surface area contributed by atoms with Crippen LogP contribution in [-0.2, 0) is 14.3 Å². The highest BCUT2D eigenvalue weighted by atomic mass is 19.1. The van der Waals surface area contributed by atoms with Crippen LogP contribution in [0.4, 0.5) is 25.1 Å². The van der Waals surface area contributed by atoms with Crippen molar-refractivity contribution in [2.45, 2.75) is 87.5 Å². The van der Waals surface area contributed by atoms with E-state index in [0.29, 0.717) is 85.2 Å². The number of ether oxygens (including phenoxy) is 2. The number of nitrogens with one attached hydrogen (secondary N) is 3. The number of nitrogens with zero attached hydrogens (tertiary/aromatic N) is 7. The Balaban J connectivity index is 0.720. The number of halogens is 2. The number of amides is 5. The molecular weight excluding hydrogens is 939 g/mol. The number of piperazine rings is 1. The quantitative estimate of drug-likeness (QED) is 0.0537. The first-order valence-corrected chi connectivity index (χ1v) is 24.9. The molecule has 5 atom stereocenters. The van der Waals surface area contributed by atoms with Gasteiger partial charge < -0.3 is 29.9 Å². The van der Waals surface area contributed by atoms with Crippen LogP contribution in [-0.4, -0.2) is 137 Å². The molecule has 6 aliphatic rings. The minimum absolute atomic E-state index is 0.0157. The average molecular weight is 993 g/mol. The highest BCUT2D eigenvalue weighted by molar-refractivity contribution is 6.23. The number of hydrogen-bond donors (Lipinski definition) is 3. The lowest BCUT2D eigenvalue weighted by atomic mass is 9.94. The average Bonchev–Trinajstić information content (AvgIpc) is 4.09. The second-order valence-corrected chi connectivity index (χ2v) is 20.1. The Kier molecular flexibility index (Phi) is 12.5. The summed E-state index contributed by atoms with van der Waals surface area (Å²) < 4.78 is 44.5. The predicted octanol–water partition coefficient (Wildman–Crippen LogP) is 5.63. The zero-order valence-corrected chi connectivity index (χ0v) is 40.3. The third-order valence-electron chi connectivity index (χ3n) is 15.5. The van der Waals surface area contributed by atoms with E-state index in [4.69, 9.17) is 25.9 Å². The fraction of sp³-hybridized carbons (Fsp3) is 0.407. The summed E-state index contributed by atoms with van der Waals surface area (Å²) in [5.74, 6) is -0.510. The lowest BCUT2D eigenvalue weighted by Crippen LogP contribution is -2.54. The van der Waals surface area contributed by atoms with Crippen molar-refractivity contribution in [3.63, 3.8) is 0 Å². The molecule has 11 rings (SSSR count). The Morgan fingerprint density at radius 3 is 2.60 bits per heavy atom. The highest BCUT2D eigenvalue weighted by Gasteiger charge is 2.52. The molecule has 6 aliphatic heterocycles. The predicted molar refractivity (Wildman–Crippen MR) is 267 cm³/mol. The summed E-state index contributed by atoms with van der Waals surface area (Å²) in [6, 6.07) is 12.5. The molecule has 73 heavy (non-hydrogen) atoms. The topological polar surface area (TPSA) is 192 Å². The standard InChI is InChI=1S/C54H54F2N10O7/c1-4-36-41(55)15-10-31-8-7-9-38(44(31)36)46-45(56)47-40(24-58-46)48(64-26-32-11-12-33(27-64)59-32)62-52(61-47)73-29-54-19-18-35(65(54)25-30(2)23-54)28-72-53(71)57-20-5-6-21-63(3)34-13-14-37-39(22-34)51(70)66(50(37)69)42-16-17-43(67)60-49(42)68/h1,7-10,13-15,22,24,32-33,35,42,59H,2,5-6,11-12,16-21,23,25-29H2,3H3,(H,57,71)(H,60,67,68)/t32?,33?,35-,42?,54-/m0/s1. The molecule has 0 aliphatic carbocycles. The van der Waals surface area contributed by atoms with E-state index in [1.54, 1.807) is 48.7 Å². The molecule has 3 aromatic carbocycles. The third-order valence-corrected chi connectivity index (χ3v) is 15.5. The third kappa shape index (κ3) is 8.75. The number of anilines is 2. The molecule has 2 aromatic heterocycles. The zero-order chi connectivity index (χ0) is 50.7. The van der Waals surface area contributed by atoms with Gasteiger partial charge in [0.15, 0.2) is 5.82 Å². The fourth-order valence-corrected chi connectivity index (χ4v) is 11.8. The van der Waals surface area contributed by atoms with Crippen molar-refractivity contribution in [3.8, 4) is 29.6 Å². The lowest BCUT2D eigenvalue weighted by molar-refractivity contribution is -0.136. The first-order chi connectivity index (χ1) is 35.3. The minimum atomic E-state index is -1.03. The lowest BCUT2D eigenvalue weighted by Gasteiger charge is -2.35. The minimum Gasteiger partial charge on any atom is -0.461 e. The van der Waals surface area contributed by atoms with E-state index in [1.165, 1.54) is 6.07 Å². The number of fused-ring (bicyclic) bond motifs is 6. The monoisotopic (exact) mass is 992 g/mol. The van der Waals surface area contributed by atoms with Crippen LogP contribution < -0.4 is 30.5 Å². The van der Waals surface area contributed by atoms with Crippen LogP contribution in [0.1, 0.15) is 84.1 Å². The summed E-state index contributed by atoms with van der Waals surface area (Å²) in [6.45, 7) is 7.58. The molecule has 5 amide bonds.